The van der Waals surface area contributed by atoms with E-state index in [1.165, 1.54) is 59.5 Å². The van der Waals surface area contributed by atoms with Gasteiger partial charge in [-0.1, -0.05) is 0 Å². The summed E-state index contributed by atoms with van der Waals surface area (Å²) in [5.41, 5.74) is -1.12. The molecule has 0 aliphatic heterocycles. The summed E-state index contributed by atoms with van der Waals surface area (Å²) in [5, 5.41) is 5.63. The minimum absolute atomic E-state index is 0.0424. The maximum absolute atomic E-state index is 13.2. The summed E-state index contributed by atoms with van der Waals surface area (Å²) in [7, 11) is 0. The summed E-state index contributed by atoms with van der Waals surface area (Å²) in [5.74, 6) is 0.00504. The van der Waals surface area contributed by atoms with E-state index in [0.29, 0.717) is 31.5 Å². The number of unbranched alkanes of at least 4 members (excludes halogenated alkanes) is 3. The Balaban J connectivity index is 3.27. The topological polar surface area (TPSA) is 52.6 Å². The summed E-state index contributed by atoms with van der Waals surface area (Å²) in [6.45, 7) is 15.5. The normalized spacial score (nSPS) is 23.0. The third kappa shape index (κ3) is 6.98. The van der Waals surface area contributed by atoms with Gasteiger partial charge in [-0.05, 0) is 0 Å². The van der Waals surface area contributed by atoms with Crippen molar-refractivity contribution in [1.82, 2.24) is 0 Å². The standard InChI is InChI=1S/C26H50GeO4/c1-8-13-16-27(17-14-9-2,18-15-10-3)20-23-19-26(22(7)21(23)6,24(28)30-11-4)25(29)31-12-5/h21-23H,8-20H2,1-7H3/t21-,22+,23+/m1/s1. The third-order valence-corrected chi connectivity index (χ3v) is 19.9. The van der Waals surface area contributed by atoms with Gasteiger partial charge in [-0.15, -0.1) is 0 Å². The molecule has 5 heteroatoms. The molecule has 0 aromatic rings. The number of ether oxygens (including phenoxy) is 2. The van der Waals surface area contributed by atoms with Gasteiger partial charge in [0.1, 0.15) is 0 Å². The Kier molecular flexibility index (Phi) is 12.8. The van der Waals surface area contributed by atoms with Gasteiger partial charge in [0.25, 0.3) is 0 Å². The summed E-state index contributed by atoms with van der Waals surface area (Å²) in [6, 6.07) is 0. The van der Waals surface area contributed by atoms with Crippen LogP contribution >= 0.6 is 0 Å². The van der Waals surface area contributed by atoms with Crippen LogP contribution in [0, 0.1) is 23.2 Å². The molecule has 4 nitrogen and oxygen atoms in total. The first kappa shape index (κ1) is 28.5. The second kappa shape index (κ2) is 13.9. The Hall–Kier alpha value is -0.517. The van der Waals surface area contributed by atoms with Crippen molar-refractivity contribution in [1.29, 1.82) is 0 Å². The zero-order valence-electron chi connectivity index (χ0n) is 21.6. The Morgan fingerprint density at radius 1 is 0.806 bits per heavy atom. The number of rotatable bonds is 15. The predicted molar refractivity (Wildman–Crippen MR) is 132 cm³/mol. The van der Waals surface area contributed by atoms with Crippen molar-refractivity contribution in [2.75, 3.05) is 13.2 Å². The monoisotopic (exact) mass is 500 g/mol. The molecule has 0 amide bonds. The first-order valence-corrected chi connectivity index (χ1v) is 19.1. The predicted octanol–water partition coefficient (Wildman–Crippen LogP) is 7.24. The fourth-order valence-electron chi connectivity index (χ4n) is 5.93. The number of hydrogen-bond donors (Lipinski definition) is 0. The minimum atomic E-state index is -2.09. The molecule has 0 N–H and O–H groups in total. The van der Waals surface area contributed by atoms with Crippen LogP contribution in [0.25, 0.3) is 0 Å². The van der Waals surface area contributed by atoms with Crippen molar-refractivity contribution < 1.29 is 19.1 Å². The van der Waals surface area contributed by atoms with Crippen LogP contribution in [0.3, 0.4) is 0 Å². The Morgan fingerprint density at radius 3 is 1.58 bits per heavy atom. The molecule has 1 aliphatic carbocycles. The van der Waals surface area contributed by atoms with E-state index in [0.717, 1.165) is 0 Å². The summed E-state index contributed by atoms with van der Waals surface area (Å²) in [6.07, 6.45) is 8.41. The quantitative estimate of drug-likeness (QED) is 0.135. The van der Waals surface area contributed by atoms with Gasteiger partial charge < -0.3 is 0 Å². The second-order valence-electron chi connectivity index (χ2n) is 10.0. The number of carbonyl (C=O) groups excluding carboxylic acids is 2. The van der Waals surface area contributed by atoms with Gasteiger partial charge >= 0.3 is 195 Å². The summed E-state index contributed by atoms with van der Waals surface area (Å²) < 4.78 is 10.9. The van der Waals surface area contributed by atoms with E-state index in [9.17, 15) is 9.59 Å². The van der Waals surface area contributed by atoms with Crippen molar-refractivity contribution in [3.63, 3.8) is 0 Å². The molecule has 0 aromatic carbocycles. The molecular weight excluding hydrogens is 449 g/mol. The summed E-state index contributed by atoms with van der Waals surface area (Å²) in [4.78, 5) is 26.3. The van der Waals surface area contributed by atoms with Crippen LogP contribution < -0.4 is 0 Å². The van der Waals surface area contributed by atoms with Gasteiger partial charge in [0, 0.05) is 0 Å². The Labute approximate surface area is 195 Å². The van der Waals surface area contributed by atoms with Crippen molar-refractivity contribution in [2.45, 2.75) is 114 Å². The fourth-order valence-corrected chi connectivity index (χ4v) is 19.2. The van der Waals surface area contributed by atoms with Gasteiger partial charge in [-0.3, -0.25) is 0 Å². The SMILES string of the molecule is CCC[CH2][Ge]([CH2]CCC)([CH2]CCC)[CH2][C@@H]1CC(C(=O)OCC)(C(=O)OCC)[C@@H](C)[C@H]1C. The average Bonchev–Trinajstić information content (AvgIpc) is 3.00. The van der Waals surface area contributed by atoms with Gasteiger partial charge in [0.15, 0.2) is 0 Å². The van der Waals surface area contributed by atoms with E-state index in [1.807, 2.05) is 13.8 Å². The van der Waals surface area contributed by atoms with Crippen LogP contribution in [-0.4, -0.2) is 38.4 Å². The number of esters is 2. The van der Waals surface area contributed by atoms with E-state index in [4.69, 9.17) is 9.47 Å². The molecule has 0 aromatic heterocycles. The Morgan fingerprint density at radius 2 is 1.23 bits per heavy atom. The van der Waals surface area contributed by atoms with E-state index in [-0.39, 0.29) is 17.9 Å². The maximum atomic E-state index is 13.2. The molecule has 0 saturated heterocycles. The molecule has 0 bridgehead atoms. The van der Waals surface area contributed by atoms with Crippen molar-refractivity contribution in [2.24, 2.45) is 23.2 Å². The van der Waals surface area contributed by atoms with Gasteiger partial charge in [-0.25, -0.2) is 0 Å². The summed E-state index contributed by atoms with van der Waals surface area (Å²) >= 11 is -2.09. The molecular formula is C26H50GeO4. The van der Waals surface area contributed by atoms with Crippen molar-refractivity contribution in [3.05, 3.63) is 0 Å². The van der Waals surface area contributed by atoms with Gasteiger partial charge in [0.2, 0.25) is 0 Å². The molecule has 0 spiro atoms. The first-order chi connectivity index (χ1) is 14.8. The number of carbonyl (C=O) groups is 2. The average molecular weight is 499 g/mol. The van der Waals surface area contributed by atoms with E-state index in [2.05, 4.69) is 34.6 Å². The van der Waals surface area contributed by atoms with Crippen molar-refractivity contribution in [3.8, 4) is 0 Å². The van der Waals surface area contributed by atoms with Crippen LogP contribution in [0.2, 0.25) is 21.0 Å². The molecule has 0 heterocycles. The molecule has 0 radical (unpaired) electrons. The molecule has 1 aliphatic rings. The number of hydrogen-bond acceptors (Lipinski definition) is 4. The zero-order chi connectivity index (χ0) is 23.5. The third-order valence-electron chi connectivity index (χ3n) is 8.05. The fraction of sp³-hybridized carbons (Fsp3) is 0.923. The van der Waals surface area contributed by atoms with Crippen LogP contribution in [-0.2, 0) is 19.1 Å². The van der Waals surface area contributed by atoms with E-state index >= 15 is 0 Å². The molecule has 1 saturated carbocycles. The first-order valence-electron chi connectivity index (χ1n) is 13.1. The Bertz CT molecular complexity index is 508. The van der Waals surface area contributed by atoms with E-state index in [1.54, 1.807) is 0 Å². The van der Waals surface area contributed by atoms with Crippen LogP contribution in [0.5, 0.6) is 0 Å². The molecule has 1 fully saturated rings. The van der Waals surface area contributed by atoms with E-state index < -0.39 is 18.7 Å². The molecule has 0 unspecified atom stereocenters. The van der Waals surface area contributed by atoms with Gasteiger partial charge in [0.05, 0.1) is 0 Å². The van der Waals surface area contributed by atoms with Crippen molar-refractivity contribution >= 4 is 25.2 Å². The molecule has 182 valence electrons. The van der Waals surface area contributed by atoms with Crippen LogP contribution in [0.1, 0.15) is 93.4 Å². The van der Waals surface area contributed by atoms with Gasteiger partial charge in [-0.2, -0.15) is 0 Å². The molecule has 3 atom stereocenters. The zero-order valence-corrected chi connectivity index (χ0v) is 23.7. The molecule has 1 rings (SSSR count). The van der Waals surface area contributed by atoms with Crippen LogP contribution in [0.15, 0.2) is 0 Å². The molecule has 31 heavy (non-hydrogen) atoms. The second-order valence-corrected chi connectivity index (χ2v) is 20.3. The van der Waals surface area contributed by atoms with Crippen LogP contribution in [0.4, 0.5) is 0 Å².